The summed E-state index contributed by atoms with van der Waals surface area (Å²) in [5.74, 6) is -0.419. The third-order valence-corrected chi connectivity index (χ3v) is 4.56. The first-order valence-corrected chi connectivity index (χ1v) is 8.94. The fourth-order valence-electron chi connectivity index (χ4n) is 3.20. The standard InChI is InChI=1S/C20H25N3O3/c1-14(2)26-20(25)16-6-8-17(9-7-16)21-19(24)13-23-12-11-22-10-4-5-18(22)15(23)3/h4-10,14-15H,11-13H2,1-3H3,(H,21,24). The maximum absolute atomic E-state index is 12.4. The third-order valence-electron chi connectivity index (χ3n) is 4.56. The van der Waals surface area contributed by atoms with E-state index < -0.39 is 0 Å². The van der Waals surface area contributed by atoms with Gasteiger partial charge in [-0.05, 0) is 57.2 Å². The predicted octanol–water partition coefficient (Wildman–Crippen LogP) is 3.07. The highest BCUT2D eigenvalue weighted by Crippen LogP contribution is 2.24. The maximum atomic E-state index is 12.4. The first-order chi connectivity index (χ1) is 12.4. The lowest BCUT2D eigenvalue weighted by Gasteiger charge is -2.34. The number of esters is 1. The molecular formula is C20H25N3O3. The summed E-state index contributed by atoms with van der Waals surface area (Å²) >= 11 is 0. The summed E-state index contributed by atoms with van der Waals surface area (Å²) in [5, 5.41) is 2.89. The lowest BCUT2D eigenvalue weighted by molar-refractivity contribution is -0.118. The Balaban J connectivity index is 1.56. The van der Waals surface area contributed by atoms with E-state index in [1.807, 2.05) is 19.9 Å². The van der Waals surface area contributed by atoms with Crippen molar-refractivity contribution in [2.24, 2.45) is 0 Å². The van der Waals surface area contributed by atoms with Crippen molar-refractivity contribution in [1.29, 1.82) is 0 Å². The summed E-state index contributed by atoms with van der Waals surface area (Å²) in [6.07, 6.45) is 1.92. The van der Waals surface area contributed by atoms with Crippen LogP contribution in [0, 0.1) is 0 Å². The molecule has 26 heavy (non-hydrogen) atoms. The summed E-state index contributed by atoms with van der Waals surface area (Å²) in [6.45, 7) is 7.82. The number of anilines is 1. The number of carbonyl (C=O) groups is 2. The van der Waals surface area contributed by atoms with Gasteiger partial charge in [-0.15, -0.1) is 0 Å². The molecule has 1 atom stereocenters. The van der Waals surface area contributed by atoms with Gasteiger partial charge in [-0.1, -0.05) is 0 Å². The molecule has 0 aliphatic carbocycles. The normalized spacial score (nSPS) is 17.0. The second-order valence-corrected chi connectivity index (χ2v) is 6.85. The van der Waals surface area contributed by atoms with E-state index in [4.69, 9.17) is 4.74 Å². The Morgan fingerprint density at radius 3 is 2.62 bits per heavy atom. The Labute approximate surface area is 153 Å². The molecule has 1 aromatic heterocycles. The molecule has 2 aromatic rings. The average Bonchev–Trinajstić information content (AvgIpc) is 3.07. The predicted molar refractivity (Wildman–Crippen MR) is 100 cm³/mol. The Morgan fingerprint density at radius 1 is 1.19 bits per heavy atom. The van der Waals surface area contributed by atoms with Gasteiger partial charge in [-0.2, -0.15) is 0 Å². The van der Waals surface area contributed by atoms with Gasteiger partial charge in [0.2, 0.25) is 5.91 Å². The van der Waals surface area contributed by atoms with Crippen LogP contribution in [-0.2, 0) is 16.1 Å². The second kappa shape index (κ2) is 7.74. The van der Waals surface area contributed by atoms with E-state index in [1.54, 1.807) is 24.3 Å². The van der Waals surface area contributed by atoms with Crippen LogP contribution in [0.25, 0.3) is 0 Å². The van der Waals surface area contributed by atoms with Crippen LogP contribution < -0.4 is 5.32 Å². The van der Waals surface area contributed by atoms with Gasteiger partial charge in [0.15, 0.2) is 0 Å². The number of amides is 1. The monoisotopic (exact) mass is 355 g/mol. The zero-order valence-electron chi connectivity index (χ0n) is 15.4. The van der Waals surface area contributed by atoms with Gasteiger partial charge in [0.1, 0.15) is 0 Å². The van der Waals surface area contributed by atoms with Gasteiger partial charge in [0.05, 0.1) is 18.2 Å². The number of benzene rings is 1. The maximum Gasteiger partial charge on any atom is 0.338 e. The summed E-state index contributed by atoms with van der Waals surface area (Å²) in [4.78, 5) is 26.4. The lowest BCUT2D eigenvalue weighted by Crippen LogP contribution is -2.41. The molecule has 138 valence electrons. The Hall–Kier alpha value is -2.60. The molecular weight excluding hydrogens is 330 g/mol. The van der Waals surface area contributed by atoms with Crippen molar-refractivity contribution in [2.45, 2.75) is 39.5 Å². The number of ether oxygens (including phenoxy) is 1. The van der Waals surface area contributed by atoms with Gasteiger partial charge < -0.3 is 14.6 Å². The molecule has 2 heterocycles. The van der Waals surface area contributed by atoms with Crippen molar-refractivity contribution in [2.75, 3.05) is 18.4 Å². The minimum absolute atomic E-state index is 0.0608. The number of hydrogen-bond acceptors (Lipinski definition) is 4. The van der Waals surface area contributed by atoms with Gasteiger partial charge in [0.25, 0.3) is 0 Å². The number of fused-ring (bicyclic) bond motifs is 1. The Bertz CT molecular complexity index is 780. The minimum atomic E-state index is -0.358. The lowest BCUT2D eigenvalue weighted by atomic mass is 10.1. The number of nitrogens with one attached hydrogen (secondary N) is 1. The van der Waals surface area contributed by atoms with Crippen molar-refractivity contribution >= 4 is 17.6 Å². The van der Waals surface area contributed by atoms with Gasteiger partial charge in [-0.3, -0.25) is 9.69 Å². The molecule has 1 aliphatic rings. The summed E-state index contributed by atoms with van der Waals surface area (Å²) < 4.78 is 7.39. The highest BCUT2D eigenvalue weighted by atomic mass is 16.5. The van der Waals surface area contributed by atoms with Crippen LogP contribution in [0.15, 0.2) is 42.6 Å². The van der Waals surface area contributed by atoms with Crippen molar-refractivity contribution < 1.29 is 14.3 Å². The van der Waals surface area contributed by atoms with Crippen LogP contribution in [0.4, 0.5) is 5.69 Å². The number of nitrogens with zero attached hydrogens (tertiary/aromatic N) is 2. The van der Waals surface area contributed by atoms with E-state index >= 15 is 0 Å². The van der Waals surface area contributed by atoms with E-state index in [1.165, 1.54) is 5.69 Å². The van der Waals surface area contributed by atoms with Crippen LogP contribution >= 0.6 is 0 Å². The highest BCUT2D eigenvalue weighted by Gasteiger charge is 2.25. The van der Waals surface area contributed by atoms with Gasteiger partial charge >= 0.3 is 5.97 Å². The topological polar surface area (TPSA) is 63.6 Å². The molecule has 1 N–H and O–H groups in total. The molecule has 3 rings (SSSR count). The number of carbonyl (C=O) groups excluding carboxylic acids is 2. The van der Waals surface area contributed by atoms with E-state index in [-0.39, 0.29) is 24.0 Å². The largest absolute Gasteiger partial charge is 0.459 e. The Kier molecular flexibility index (Phi) is 5.42. The van der Waals surface area contributed by atoms with Crippen LogP contribution in [-0.4, -0.2) is 40.5 Å². The van der Waals surface area contributed by atoms with Crippen LogP contribution in [0.2, 0.25) is 0 Å². The van der Waals surface area contributed by atoms with Gasteiger partial charge in [0, 0.05) is 36.7 Å². The average molecular weight is 355 g/mol. The fourth-order valence-corrected chi connectivity index (χ4v) is 3.20. The Morgan fingerprint density at radius 2 is 1.92 bits per heavy atom. The molecule has 0 fully saturated rings. The number of hydrogen-bond donors (Lipinski definition) is 1. The molecule has 0 radical (unpaired) electrons. The molecule has 1 unspecified atom stereocenters. The van der Waals surface area contributed by atoms with Crippen LogP contribution in [0.1, 0.15) is 42.9 Å². The van der Waals surface area contributed by atoms with Crippen LogP contribution in [0.3, 0.4) is 0 Å². The molecule has 1 amide bonds. The molecule has 0 saturated heterocycles. The fraction of sp³-hybridized carbons (Fsp3) is 0.400. The van der Waals surface area contributed by atoms with Gasteiger partial charge in [-0.25, -0.2) is 4.79 Å². The quantitative estimate of drug-likeness (QED) is 0.837. The molecule has 0 bridgehead atoms. The van der Waals surface area contributed by atoms with E-state index in [0.29, 0.717) is 17.8 Å². The van der Waals surface area contributed by atoms with Crippen LogP contribution in [0.5, 0.6) is 0 Å². The number of aromatic nitrogens is 1. The highest BCUT2D eigenvalue weighted by molar-refractivity contribution is 5.94. The summed E-state index contributed by atoms with van der Waals surface area (Å²) in [6, 6.07) is 11.1. The SMILES string of the molecule is CC(C)OC(=O)c1ccc(NC(=O)CN2CCn3cccc3C2C)cc1. The minimum Gasteiger partial charge on any atom is -0.459 e. The molecule has 0 spiro atoms. The molecule has 6 heteroatoms. The van der Waals surface area contributed by atoms with E-state index in [2.05, 4.69) is 34.0 Å². The zero-order valence-corrected chi connectivity index (χ0v) is 15.4. The van der Waals surface area contributed by atoms with Crippen molar-refractivity contribution in [3.63, 3.8) is 0 Å². The summed E-state index contributed by atoms with van der Waals surface area (Å²) in [5.41, 5.74) is 2.38. The van der Waals surface area contributed by atoms with Crippen molar-refractivity contribution in [1.82, 2.24) is 9.47 Å². The molecule has 1 aromatic carbocycles. The first-order valence-electron chi connectivity index (χ1n) is 8.94. The molecule has 0 saturated carbocycles. The summed E-state index contributed by atoms with van der Waals surface area (Å²) in [7, 11) is 0. The third kappa shape index (κ3) is 4.14. The number of rotatable bonds is 5. The van der Waals surface area contributed by atoms with Crippen molar-refractivity contribution in [3.05, 3.63) is 53.9 Å². The zero-order chi connectivity index (χ0) is 18.7. The second-order valence-electron chi connectivity index (χ2n) is 6.85. The smallest absolute Gasteiger partial charge is 0.338 e. The van der Waals surface area contributed by atoms with E-state index in [9.17, 15) is 9.59 Å². The molecule has 6 nitrogen and oxygen atoms in total. The van der Waals surface area contributed by atoms with Crippen molar-refractivity contribution in [3.8, 4) is 0 Å². The first kappa shape index (κ1) is 18.2. The molecule has 1 aliphatic heterocycles. The van der Waals surface area contributed by atoms with E-state index in [0.717, 1.165) is 13.1 Å².